The molecule has 5 nitrogen and oxygen atoms in total. The number of carboxylic acids is 1. The molecule has 0 unspecified atom stereocenters. The van der Waals surface area contributed by atoms with Crippen molar-refractivity contribution in [3.63, 3.8) is 0 Å². The van der Waals surface area contributed by atoms with Crippen LogP contribution in [0.4, 0.5) is 0 Å². The van der Waals surface area contributed by atoms with Gasteiger partial charge in [0.2, 0.25) is 0 Å². The minimum atomic E-state index is -0.780. The van der Waals surface area contributed by atoms with E-state index in [1.807, 2.05) is 24.1 Å². The van der Waals surface area contributed by atoms with E-state index in [9.17, 15) is 4.79 Å². The molecule has 1 N–H and O–H groups in total. The van der Waals surface area contributed by atoms with Gasteiger partial charge in [0.1, 0.15) is 11.8 Å². The molecular formula is C12H15N3O2. The molecule has 5 heteroatoms. The van der Waals surface area contributed by atoms with Crippen LogP contribution in [-0.2, 0) is 11.3 Å². The molecule has 1 rings (SSSR count). The SMILES string of the molecule is CN(CCCC(=O)O)Cc1cccnc1C#N. The standard InChI is InChI=1S/C12H15N3O2/c1-15(7-3-5-12(16)17)9-10-4-2-6-14-11(10)8-13/h2,4,6H,3,5,7,9H2,1H3,(H,16,17). The van der Waals surface area contributed by atoms with Crippen molar-refractivity contribution in [2.24, 2.45) is 0 Å². The smallest absolute Gasteiger partial charge is 0.303 e. The van der Waals surface area contributed by atoms with E-state index in [0.29, 0.717) is 25.2 Å². The van der Waals surface area contributed by atoms with E-state index in [-0.39, 0.29) is 6.42 Å². The number of carbonyl (C=O) groups is 1. The highest BCUT2D eigenvalue weighted by molar-refractivity contribution is 5.66. The number of hydrogen-bond acceptors (Lipinski definition) is 4. The fourth-order valence-electron chi connectivity index (χ4n) is 1.54. The van der Waals surface area contributed by atoms with Crippen molar-refractivity contribution in [2.45, 2.75) is 19.4 Å². The molecule has 0 atom stereocenters. The van der Waals surface area contributed by atoms with Crippen molar-refractivity contribution in [3.05, 3.63) is 29.6 Å². The summed E-state index contributed by atoms with van der Waals surface area (Å²) >= 11 is 0. The van der Waals surface area contributed by atoms with Crippen LogP contribution < -0.4 is 0 Å². The molecule has 90 valence electrons. The third-order valence-corrected chi connectivity index (χ3v) is 2.37. The topological polar surface area (TPSA) is 77.2 Å². The first-order valence-electron chi connectivity index (χ1n) is 5.38. The average molecular weight is 233 g/mol. The second-order valence-corrected chi connectivity index (χ2v) is 3.86. The van der Waals surface area contributed by atoms with Gasteiger partial charge in [-0.25, -0.2) is 4.98 Å². The van der Waals surface area contributed by atoms with Gasteiger partial charge in [0, 0.05) is 24.7 Å². The Morgan fingerprint density at radius 3 is 3.06 bits per heavy atom. The maximum absolute atomic E-state index is 10.4. The van der Waals surface area contributed by atoms with E-state index in [4.69, 9.17) is 10.4 Å². The number of pyridine rings is 1. The lowest BCUT2D eigenvalue weighted by atomic mass is 10.2. The van der Waals surface area contributed by atoms with E-state index in [0.717, 1.165) is 5.56 Å². The molecule has 0 radical (unpaired) electrons. The summed E-state index contributed by atoms with van der Waals surface area (Å²) in [6.45, 7) is 1.29. The lowest BCUT2D eigenvalue weighted by molar-refractivity contribution is -0.137. The molecule has 1 aromatic heterocycles. The second kappa shape index (κ2) is 6.61. The molecule has 0 spiro atoms. The molecular weight excluding hydrogens is 218 g/mol. The van der Waals surface area contributed by atoms with Crippen molar-refractivity contribution in [1.29, 1.82) is 5.26 Å². The molecule has 1 aromatic rings. The maximum Gasteiger partial charge on any atom is 0.303 e. The van der Waals surface area contributed by atoms with Gasteiger partial charge in [0.15, 0.2) is 0 Å². The summed E-state index contributed by atoms with van der Waals surface area (Å²) in [4.78, 5) is 16.3. The number of nitrogens with zero attached hydrogens (tertiary/aromatic N) is 3. The van der Waals surface area contributed by atoms with E-state index in [1.165, 1.54) is 0 Å². The first-order valence-corrected chi connectivity index (χ1v) is 5.38. The zero-order valence-corrected chi connectivity index (χ0v) is 9.76. The van der Waals surface area contributed by atoms with Crippen LogP contribution in [0.3, 0.4) is 0 Å². The van der Waals surface area contributed by atoms with Gasteiger partial charge >= 0.3 is 5.97 Å². The van der Waals surface area contributed by atoms with Crippen LogP contribution in [0.5, 0.6) is 0 Å². The minimum absolute atomic E-state index is 0.169. The van der Waals surface area contributed by atoms with Crippen LogP contribution in [0.25, 0.3) is 0 Å². The van der Waals surface area contributed by atoms with Crippen LogP contribution in [-0.4, -0.2) is 34.6 Å². The normalized spacial score (nSPS) is 10.2. The maximum atomic E-state index is 10.4. The molecule has 0 aromatic carbocycles. The Labute approximate surface area is 100 Å². The molecule has 17 heavy (non-hydrogen) atoms. The summed E-state index contributed by atoms with van der Waals surface area (Å²) < 4.78 is 0. The molecule has 0 saturated carbocycles. The highest BCUT2D eigenvalue weighted by Gasteiger charge is 2.06. The first-order chi connectivity index (χ1) is 8.13. The predicted molar refractivity (Wildman–Crippen MR) is 62.2 cm³/mol. The first kappa shape index (κ1) is 13.1. The Morgan fingerprint density at radius 1 is 1.65 bits per heavy atom. The summed E-state index contributed by atoms with van der Waals surface area (Å²) in [6, 6.07) is 5.70. The fourth-order valence-corrected chi connectivity index (χ4v) is 1.54. The van der Waals surface area contributed by atoms with E-state index in [1.54, 1.807) is 12.3 Å². The monoisotopic (exact) mass is 233 g/mol. The lowest BCUT2D eigenvalue weighted by Gasteiger charge is -2.16. The van der Waals surface area contributed by atoms with E-state index >= 15 is 0 Å². The van der Waals surface area contributed by atoms with Crippen molar-refractivity contribution >= 4 is 5.97 Å². The number of nitriles is 1. The second-order valence-electron chi connectivity index (χ2n) is 3.86. The average Bonchev–Trinajstić information content (AvgIpc) is 2.29. The highest BCUT2D eigenvalue weighted by atomic mass is 16.4. The summed E-state index contributed by atoms with van der Waals surface area (Å²) in [5.41, 5.74) is 1.30. The Hall–Kier alpha value is -1.93. The summed E-state index contributed by atoms with van der Waals surface area (Å²) in [7, 11) is 1.90. The highest BCUT2D eigenvalue weighted by Crippen LogP contribution is 2.07. The van der Waals surface area contributed by atoms with Crippen LogP contribution in [0, 0.1) is 11.3 Å². The van der Waals surface area contributed by atoms with Gasteiger partial charge in [-0.05, 0) is 26.1 Å². The number of rotatable bonds is 6. The van der Waals surface area contributed by atoms with Gasteiger partial charge < -0.3 is 10.0 Å². The third-order valence-electron chi connectivity index (χ3n) is 2.37. The number of aliphatic carboxylic acids is 1. The number of carboxylic acid groups (broad SMARTS) is 1. The Morgan fingerprint density at radius 2 is 2.41 bits per heavy atom. The molecule has 0 bridgehead atoms. The van der Waals surface area contributed by atoms with Crippen LogP contribution >= 0.6 is 0 Å². The number of aromatic nitrogens is 1. The molecule has 0 saturated heterocycles. The zero-order valence-electron chi connectivity index (χ0n) is 9.76. The van der Waals surface area contributed by atoms with Gasteiger partial charge in [-0.15, -0.1) is 0 Å². The Kier molecular flexibility index (Phi) is 5.11. The van der Waals surface area contributed by atoms with Gasteiger partial charge in [0.05, 0.1) is 0 Å². The molecule has 0 aliphatic heterocycles. The number of hydrogen-bond donors (Lipinski definition) is 1. The van der Waals surface area contributed by atoms with Crippen molar-refractivity contribution in [1.82, 2.24) is 9.88 Å². The van der Waals surface area contributed by atoms with Crippen LogP contribution in [0.1, 0.15) is 24.1 Å². The van der Waals surface area contributed by atoms with Crippen molar-refractivity contribution < 1.29 is 9.90 Å². The van der Waals surface area contributed by atoms with Crippen molar-refractivity contribution in [2.75, 3.05) is 13.6 Å². The largest absolute Gasteiger partial charge is 0.481 e. The summed E-state index contributed by atoms with van der Waals surface area (Å²) in [5, 5.41) is 17.4. The zero-order chi connectivity index (χ0) is 12.7. The van der Waals surface area contributed by atoms with Gasteiger partial charge in [-0.3, -0.25) is 4.79 Å². The molecule has 1 heterocycles. The van der Waals surface area contributed by atoms with Crippen LogP contribution in [0.2, 0.25) is 0 Å². The lowest BCUT2D eigenvalue weighted by Crippen LogP contribution is -2.20. The molecule has 0 aliphatic carbocycles. The van der Waals surface area contributed by atoms with Gasteiger partial charge in [-0.1, -0.05) is 6.07 Å². The summed E-state index contributed by atoms with van der Waals surface area (Å²) in [5.74, 6) is -0.780. The fraction of sp³-hybridized carbons (Fsp3) is 0.417. The summed E-state index contributed by atoms with van der Waals surface area (Å²) in [6.07, 6.45) is 2.36. The van der Waals surface area contributed by atoms with Gasteiger partial charge in [0.25, 0.3) is 0 Å². The van der Waals surface area contributed by atoms with Crippen molar-refractivity contribution in [3.8, 4) is 6.07 Å². The van der Waals surface area contributed by atoms with Crippen LogP contribution in [0.15, 0.2) is 18.3 Å². The Bertz CT molecular complexity index is 426. The predicted octanol–water partition coefficient (Wildman–Crippen LogP) is 1.25. The molecule has 0 aliphatic rings. The van der Waals surface area contributed by atoms with Gasteiger partial charge in [-0.2, -0.15) is 5.26 Å². The Balaban J connectivity index is 2.48. The van der Waals surface area contributed by atoms with E-state index in [2.05, 4.69) is 4.98 Å². The third kappa shape index (κ3) is 4.62. The minimum Gasteiger partial charge on any atom is -0.481 e. The molecule has 0 amide bonds. The quantitative estimate of drug-likeness (QED) is 0.800. The van der Waals surface area contributed by atoms with E-state index < -0.39 is 5.97 Å². The molecule has 0 fully saturated rings.